The Balaban J connectivity index is 2.14. The number of aliphatic carboxylic acids is 2. The third-order valence-corrected chi connectivity index (χ3v) is 5.28. The summed E-state index contributed by atoms with van der Waals surface area (Å²) in [5.74, 6) is -5.00. The van der Waals surface area contributed by atoms with Crippen molar-refractivity contribution in [3.63, 3.8) is 0 Å². The number of nitrogens with one attached hydrogen (secondary N) is 4. The standard InChI is InChI=1S/C22H29N5O8/c1-11(19(31)26-16(22(34)35)6-7-18(29)30)25-21(33)17(27-20(32)14(23)10-28)8-12-9-24-15-5-3-2-4-13(12)15/h2-5,9,11,14,16-17,24,28H,6-8,10,23H2,1H3,(H,25,33)(H,26,31)(H,27,32)(H,29,30)(H,34,35). The van der Waals surface area contributed by atoms with E-state index < -0.39 is 66.9 Å². The highest BCUT2D eigenvalue weighted by Gasteiger charge is 2.29. The molecule has 1 aromatic carbocycles. The number of para-hydroxylation sites is 1. The minimum atomic E-state index is -1.46. The molecule has 0 bridgehead atoms. The van der Waals surface area contributed by atoms with Crippen LogP contribution in [0.15, 0.2) is 30.5 Å². The van der Waals surface area contributed by atoms with Crippen LogP contribution in [-0.2, 0) is 30.4 Å². The Hall–Kier alpha value is -3.97. The number of carbonyl (C=O) groups excluding carboxylic acids is 3. The van der Waals surface area contributed by atoms with Gasteiger partial charge in [-0.25, -0.2) is 4.79 Å². The van der Waals surface area contributed by atoms with E-state index in [0.717, 1.165) is 10.9 Å². The minimum absolute atomic E-state index is 0.0322. The van der Waals surface area contributed by atoms with Crippen molar-refractivity contribution in [1.82, 2.24) is 20.9 Å². The van der Waals surface area contributed by atoms with Gasteiger partial charge in [-0.15, -0.1) is 0 Å². The van der Waals surface area contributed by atoms with Crippen molar-refractivity contribution in [3.8, 4) is 0 Å². The van der Waals surface area contributed by atoms with Gasteiger partial charge in [-0.3, -0.25) is 19.2 Å². The molecule has 13 nitrogen and oxygen atoms in total. The summed E-state index contributed by atoms with van der Waals surface area (Å²) in [6.07, 6.45) is 0.904. The van der Waals surface area contributed by atoms with Crippen molar-refractivity contribution in [2.45, 2.75) is 50.4 Å². The lowest BCUT2D eigenvalue weighted by molar-refractivity contribution is -0.143. The third-order valence-electron chi connectivity index (χ3n) is 5.28. The Morgan fingerprint density at radius 1 is 0.971 bits per heavy atom. The fourth-order valence-corrected chi connectivity index (χ4v) is 3.29. The molecule has 4 atom stereocenters. The van der Waals surface area contributed by atoms with Crippen molar-refractivity contribution in [2.75, 3.05) is 6.61 Å². The van der Waals surface area contributed by atoms with E-state index in [1.165, 1.54) is 6.92 Å². The summed E-state index contributed by atoms with van der Waals surface area (Å²) in [5, 5.41) is 35.0. The molecule has 35 heavy (non-hydrogen) atoms. The molecule has 190 valence electrons. The van der Waals surface area contributed by atoms with E-state index in [1.54, 1.807) is 6.20 Å². The second kappa shape index (κ2) is 12.5. The molecule has 0 saturated heterocycles. The molecule has 0 spiro atoms. The van der Waals surface area contributed by atoms with Gasteiger partial charge in [0.2, 0.25) is 17.7 Å². The first-order valence-corrected chi connectivity index (χ1v) is 10.8. The van der Waals surface area contributed by atoms with Crippen LogP contribution in [0.4, 0.5) is 0 Å². The Kier molecular flexibility index (Phi) is 9.73. The Labute approximate surface area is 200 Å². The van der Waals surface area contributed by atoms with Crippen molar-refractivity contribution in [1.29, 1.82) is 0 Å². The van der Waals surface area contributed by atoms with Crippen molar-refractivity contribution >= 4 is 40.6 Å². The van der Waals surface area contributed by atoms with E-state index in [0.29, 0.717) is 5.56 Å². The molecule has 1 heterocycles. The van der Waals surface area contributed by atoms with E-state index in [9.17, 15) is 29.1 Å². The van der Waals surface area contributed by atoms with Gasteiger partial charge in [0.15, 0.2) is 0 Å². The Morgan fingerprint density at radius 3 is 2.26 bits per heavy atom. The highest BCUT2D eigenvalue weighted by Crippen LogP contribution is 2.19. The molecule has 13 heteroatoms. The maximum Gasteiger partial charge on any atom is 0.326 e. The smallest absolute Gasteiger partial charge is 0.326 e. The van der Waals surface area contributed by atoms with Crippen LogP contribution in [0.3, 0.4) is 0 Å². The number of rotatable bonds is 13. The van der Waals surface area contributed by atoms with Crippen LogP contribution in [0.2, 0.25) is 0 Å². The van der Waals surface area contributed by atoms with E-state index >= 15 is 0 Å². The second-order valence-electron chi connectivity index (χ2n) is 7.98. The molecule has 0 radical (unpaired) electrons. The number of aromatic nitrogens is 1. The average molecular weight is 492 g/mol. The quantitative estimate of drug-likeness (QED) is 0.162. The number of fused-ring (bicyclic) bond motifs is 1. The fourth-order valence-electron chi connectivity index (χ4n) is 3.29. The molecule has 0 saturated carbocycles. The van der Waals surface area contributed by atoms with Gasteiger partial charge in [0.05, 0.1) is 6.61 Å². The Bertz CT molecular complexity index is 1080. The summed E-state index contributed by atoms with van der Waals surface area (Å²) in [6, 6.07) is 2.21. The van der Waals surface area contributed by atoms with Crippen LogP contribution >= 0.6 is 0 Å². The third kappa shape index (κ3) is 7.79. The van der Waals surface area contributed by atoms with Crippen molar-refractivity contribution in [3.05, 3.63) is 36.0 Å². The average Bonchev–Trinajstić information content (AvgIpc) is 3.22. The maximum absolute atomic E-state index is 13.0. The van der Waals surface area contributed by atoms with Crippen LogP contribution in [0.25, 0.3) is 10.9 Å². The van der Waals surface area contributed by atoms with Gasteiger partial charge in [0.25, 0.3) is 0 Å². The van der Waals surface area contributed by atoms with E-state index in [2.05, 4.69) is 20.9 Å². The van der Waals surface area contributed by atoms with Gasteiger partial charge < -0.3 is 42.0 Å². The summed E-state index contributed by atoms with van der Waals surface area (Å²) >= 11 is 0. The maximum atomic E-state index is 13.0. The van der Waals surface area contributed by atoms with Crippen LogP contribution in [0, 0.1) is 0 Å². The van der Waals surface area contributed by atoms with Gasteiger partial charge in [-0.2, -0.15) is 0 Å². The summed E-state index contributed by atoms with van der Waals surface area (Å²) in [4.78, 5) is 62.8. The number of amides is 3. The molecular formula is C22H29N5O8. The summed E-state index contributed by atoms with van der Waals surface area (Å²) in [6.45, 7) is 0.673. The molecule has 0 aliphatic heterocycles. The summed E-state index contributed by atoms with van der Waals surface area (Å²) < 4.78 is 0. The number of H-pyrrole nitrogens is 1. The number of nitrogens with two attached hydrogens (primary N) is 1. The zero-order valence-corrected chi connectivity index (χ0v) is 19.0. The van der Waals surface area contributed by atoms with Crippen LogP contribution in [0.5, 0.6) is 0 Å². The molecule has 2 rings (SSSR count). The number of aliphatic hydroxyl groups excluding tert-OH is 1. The second-order valence-corrected chi connectivity index (χ2v) is 7.98. The number of carbonyl (C=O) groups is 5. The van der Waals surface area contributed by atoms with Crippen LogP contribution in [0.1, 0.15) is 25.3 Å². The molecule has 4 unspecified atom stereocenters. The molecular weight excluding hydrogens is 462 g/mol. The highest BCUT2D eigenvalue weighted by atomic mass is 16.4. The fraction of sp³-hybridized carbons (Fsp3) is 0.409. The summed E-state index contributed by atoms with van der Waals surface area (Å²) in [7, 11) is 0. The SMILES string of the molecule is CC(NC(=O)C(Cc1c[nH]c2ccccc12)NC(=O)C(N)CO)C(=O)NC(CCC(=O)O)C(=O)O. The lowest BCUT2D eigenvalue weighted by Crippen LogP contribution is -2.57. The lowest BCUT2D eigenvalue weighted by Gasteiger charge is -2.23. The van der Waals surface area contributed by atoms with Crippen molar-refractivity contribution in [2.24, 2.45) is 5.73 Å². The minimum Gasteiger partial charge on any atom is -0.481 e. The van der Waals surface area contributed by atoms with Crippen LogP contribution < -0.4 is 21.7 Å². The Morgan fingerprint density at radius 2 is 1.63 bits per heavy atom. The first-order chi connectivity index (χ1) is 16.5. The highest BCUT2D eigenvalue weighted by molar-refractivity contribution is 5.94. The summed E-state index contributed by atoms with van der Waals surface area (Å²) in [5.41, 5.74) is 7.07. The molecule has 0 fully saturated rings. The molecule has 9 N–H and O–H groups in total. The van der Waals surface area contributed by atoms with Crippen molar-refractivity contribution < 1.29 is 39.3 Å². The number of hydrogen-bond acceptors (Lipinski definition) is 7. The van der Waals surface area contributed by atoms with Gasteiger partial charge in [0.1, 0.15) is 24.2 Å². The first-order valence-electron chi connectivity index (χ1n) is 10.8. The van der Waals surface area contributed by atoms with Gasteiger partial charge in [0, 0.05) is 29.9 Å². The number of carboxylic acids is 2. The largest absolute Gasteiger partial charge is 0.481 e. The monoisotopic (exact) mass is 491 g/mol. The van der Waals surface area contributed by atoms with E-state index in [1.807, 2.05) is 24.3 Å². The molecule has 2 aromatic rings. The normalized spacial score (nSPS) is 14.4. The zero-order valence-electron chi connectivity index (χ0n) is 19.0. The van der Waals surface area contributed by atoms with Gasteiger partial charge in [-0.1, -0.05) is 18.2 Å². The number of aromatic amines is 1. The lowest BCUT2D eigenvalue weighted by atomic mass is 10.0. The van der Waals surface area contributed by atoms with Gasteiger partial charge in [-0.05, 0) is 25.0 Å². The number of carboxylic acid groups (broad SMARTS) is 2. The topological polar surface area (TPSA) is 224 Å². The number of aliphatic hydroxyl groups is 1. The van der Waals surface area contributed by atoms with Crippen LogP contribution in [-0.4, -0.2) is 80.7 Å². The molecule has 3 amide bonds. The molecule has 0 aliphatic carbocycles. The predicted molar refractivity (Wildman–Crippen MR) is 123 cm³/mol. The molecule has 1 aromatic heterocycles. The number of benzene rings is 1. The zero-order chi connectivity index (χ0) is 26.1. The predicted octanol–water partition coefficient (Wildman–Crippen LogP) is -1.55. The van der Waals surface area contributed by atoms with E-state index in [-0.39, 0.29) is 12.8 Å². The number of hydrogen-bond donors (Lipinski definition) is 8. The molecule has 0 aliphatic rings. The first kappa shape index (κ1) is 27.3. The van der Waals surface area contributed by atoms with E-state index in [4.69, 9.17) is 15.9 Å². The van der Waals surface area contributed by atoms with Gasteiger partial charge >= 0.3 is 11.9 Å².